The third-order valence-electron chi connectivity index (χ3n) is 4.25. The van der Waals surface area contributed by atoms with Crippen LogP contribution in [0.3, 0.4) is 0 Å². The molecule has 138 valence electrons. The van der Waals surface area contributed by atoms with Crippen LogP contribution in [0.2, 0.25) is 0 Å². The van der Waals surface area contributed by atoms with Crippen molar-refractivity contribution in [1.29, 1.82) is 0 Å². The molecule has 1 N–H and O–H groups in total. The van der Waals surface area contributed by atoms with Crippen LogP contribution in [0.5, 0.6) is 11.5 Å². The molecule has 28 heavy (non-hydrogen) atoms. The smallest absolute Gasteiger partial charge is 0.255 e. The predicted molar refractivity (Wildman–Crippen MR) is 109 cm³/mol. The van der Waals surface area contributed by atoms with E-state index in [1.165, 1.54) is 0 Å². The number of hydrogen-bond acceptors (Lipinski definition) is 3. The molecule has 0 saturated carbocycles. The highest BCUT2D eigenvalue weighted by Crippen LogP contribution is 2.29. The Morgan fingerprint density at radius 2 is 1.68 bits per heavy atom. The SMILES string of the molecule is O=C(Nc1ccccc1Oc1ccccc1)c1ccc(Cn2ccnc2)cc1. The van der Waals surface area contributed by atoms with E-state index in [1.807, 2.05) is 89.6 Å². The second kappa shape index (κ2) is 8.22. The number of anilines is 1. The number of carbonyl (C=O) groups is 1. The topological polar surface area (TPSA) is 56.1 Å². The molecule has 0 saturated heterocycles. The molecule has 0 atom stereocenters. The highest BCUT2D eigenvalue weighted by Gasteiger charge is 2.10. The van der Waals surface area contributed by atoms with Crippen LogP contribution < -0.4 is 10.1 Å². The molecule has 4 aromatic rings. The van der Waals surface area contributed by atoms with Gasteiger partial charge in [0.25, 0.3) is 5.91 Å². The van der Waals surface area contributed by atoms with Gasteiger partial charge in [-0.1, -0.05) is 42.5 Å². The summed E-state index contributed by atoms with van der Waals surface area (Å²) in [7, 11) is 0. The van der Waals surface area contributed by atoms with Crippen molar-refractivity contribution in [2.75, 3.05) is 5.32 Å². The maximum Gasteiger partial charge on any atom is 0.255 e. The molecule has 5 heteroatoms. The van der Waals surface area contributed by atoms with Gasteiger partial charge in [-0.3, -0.25) is 4.79 Å². The summed E-state index contributed by atoms with van der Waals surface area (Å²) in [6.07, 6.45) is 5.42. The predicted octanol–water partition coefficient (Wildman–Crippen LogP) is 4.98. The summed E-state index contributed by atoms with van der Waals surface area (Å²) >= 11 is 0. The van der Waals surface area contributed by atoms with Gasteiger partial charge in [-0.25, -0.2) is 4.98 Å². The van der Waals surface area contributed by atoms with Crippen LogP contribution in [0.4, 0.5) is 5.69 Å². The molecule has 0 bridgehead atoms. The lowest BCUT2D eigenvalue weighted by atomic mass is 10.1. The minimum Gasteiger partial charge on any atom is -0.455 e. The van der Waals surface area contributed by atoms with Gasteiger partial charge < -0.3 is 14.6 Å². The van der Waals surface area contributed by atoms with Crippen molar-refractivity contribution < 1.29 is 9.53 Å². The molecule has 0 fully saturated rings. The Kier molecular flexibility index (Phi) is 5.15. The van der Waals surface area contributed by atoms with Gasteiger partial charge in [-0.05, 0) is 42.0 Å². The average molecular weight is 369 g/mol. The van der Waals surface area contributed by atoms with E-state index in [-0.39, 0.29) is 5.91 Å². The van der Waals surface area contributed by atoms with Crippen molar-refractivity contribution >= 4 is 11.6 Å². The summed E-state index contributed by atoms with van der Waals surface area (Å²) in [6, 6.07) is 24.4. The summed E-state index contributed by atoms with van der Waals surface area (Å²) in [5.41, 5.74) is 2.31. The summed E-state index contributed by atoms with van der Waals surface area (Å²) < 4.78 is 7.88. The zero-order chi connectivity index (χ0) is 19.2. The first-order valence-electron chi connectivity index (χ1n) is 8.96. The monoisotopic (exact) mass is 369 g/mol. The molecule has 4 rings (SSSR count). The Bertz CT molecular complexity index is 1040. The molecule has 0 aliphatic carbocycles. The number of ether oxygens (including phenoxy) is 1. The van der Waals surface area contributed by atoms with Crippen LogP contribution in [0, 0.1) is 0 Å². The zero-order valence-corrected chi connectivity index (χ0v) is 15.2. The molecule has 0 unspecified atom stereocenters. The van der Waals surface area contributed by atoms with Gasteiger partial charge in [-0.15, -0.1) is 0 Å². The molecule has 5 nitrogen and oxygen atoms in total. The van der Waals surface area contributed by atoms with Gasteiger partial charge in [0, 0.05) is 24.5 Å². The van der Waals surface area contributed by atoms with Crippen molar-refractivity contribution in [2.45, 2.75) is 6.54 Å². The van der Waals surface area contributed by atoms with Gasteiger partial charge in [0.2, 0.25) is 0 Å². The summed E-state index contributed by atoms with van der Waals surface area (Å²) in [6.45, 7) is 0.718. The normalized spacial score (nSPS) is 10.4. The standard InChI is InChI=1S/C23H19N3O2/c27-23(19-12-10-18(11-13-19)16-26-15-14-24-17-26)25-21-8-4-5-9-22(21)28-20-6-2-1-3-7-20/h1-15,17H,16H2,(H,25,27). The van der Waals surface area contributed by atoms with Gasteiger partial charge in [0.05, 0.1) is 12.0 Å². The first kappa shape index (κ1) is 17.5. The molecular weight excluding hydrogens is 350 g/mol. The largest absolute Gasteiger partial charge is 0.455 e. The van der Waals surface area contributed by atoms with Crippen molar-refractivity contribution in [3.05, 3.63) is 109 Å². The second-order valence-corrected chi connectivity index (χ2v) is 6.30. The number of hydrogen-bond donors (Lipinski definition) is 1. The van der Waals surface area contributed by atoms with E-state index in [2.05, 4.69) is 10.3 Å². The Labute approximate surface area is 163 Å². The number of nitrogens with zero attached hydrogens (tertiary/aromatic N) is 2. The first-order chi connectivity index (χ1) is 13.8. The maximum absolute atomic E-state index is 12.7. The van der Waals surface area contributed by atoms with E-state index in [4.69, 9.17) is 4.74 Å². The van der Waals surface area contributed by atoms with E-state index in [1.54, 1.807) is 12.5 Å². The van der Waals surface area contributed by atoms with Crippen LogP contribution >= 0.6 is 0 Å². The van der Waals surface area contributed by atoms with Crippen molar-refractivity contribution in [1.82, 2.24) is 9.55 Å². The number of imidazole rings is 1. The minimum atomic E-state index is -0.182. The van der Waals surface area contributed by atoms with Crippen LogP contribution in [-0.4, -0.2) is 15.5 Å². The molecule has 0 aliphatic rings. The second-order valence-electron chi connectivity index (χ2n) is 6.30. The highest BCUT2D eigenvalue weighted by atomic mass is 16.5. The Morgan fingerprint density at radius 3 is 2.43 bits per heavy atom. The Morgan fingerprint density at radius 1 is 0.929 bits per heavy atom. The molecule has 3 aromatic carbocycles. The van der Waals surface area contributed by atoms with Crippen molar-refractivity contribution in [3.8, 4) is 11.5 Å². The molecule has 1 heterocycles. The molecule has 0 radical (unpaired) electrons. The van der Waals surface area contributed by atoms with Crippen LogP contribution in [0.1, 0.15) is 15.9 Å². The lowest BCUT2D eigenvalue weighted by molar-refractivity contribution is 0.102. The number of amides is 1. The number of carbonyl (C=O) groups excluding carboxylic acids is 1. The number of benzene rings is 3. The summed E-state index contributed by atoms with van der Waals surface area (Å²) in [4.78, 5) is 16.7. The minimum absolute atomic E-state index is 0.182. The fourth-order valence-electron chi connectivity index (χ4n) is 2.82. The molecule has 1 amide bonds. The summed E-state index contributed by atoms with van der Waals surface area (Å²) in [5, 5.41) is 2.93. The van der Waals surface area contributed by atoms with E-state index >= 15 is 0 Å². The lowest BCUT2D eigenvalue weighted by Gasteiger charge is -2.12. The molecule has 0 aliphatic heterocycles. The van der Waals surface area contributed by atoms with E-state index < -0.39 is 0 Å². The van der Waals surface area contributed by atoms with Crippen molar-refractivity contribution in [3.63, 3.8) is 0 Å². The van der Waals surface area contributed by atoms with Crippen LogP contribution in [0.25, 0.3) is 0 Å². The fourth-order valence-corrected chi connectivity index (χ4v) is 2.82. The number of aromatic nitrogens is 2. The summed E-state index contributed by atoms with van der Waals surface area (Å²) in [5.74, 6) is 1.13. The number of para-hydroxylation sites is 3. The Balaban J connectivity index is 1.46. The third kappa shape index (κ3) is 4.27. The Hall–Kier alpha value is -3.86. The van der Waals surface area contributed by atoms with E-state index in [9.17, 15) is 4.79 Å². The van der Waals surface area contributed by atoms with Gasteiger partial charge >= 0.3 is 0 Å². The molecule has 1 aromatic heterocycles. The molecule has 0 spiro atoms. The van der Waals surface area contributed by atoms with Gasteiger partial charge in [0.1, 0.15) is 5.75 Å². The number of nitrogens with one attached hydrogen (secondary N) is 1. The lowest BCUT2D eigenvalue weighted by Crippen LogP contribution is -2.12. The quantitative estimate of drug-likeness (QED) is 0.522. The van der Waals surface area contributed by atoms with Crippen LogP contribution in [0.15, 0.2) is 97.6 Å². The third-order valence-corrected chi connectivity index (χ3v) is 4.25. The van der Waals surface area contributed by atoms with Gasteiger partial charge in [0.15, 0.2) is 5.75 Å². The molecular formula is C23H19N3O2. The maximum atomic E-state index is 12.7. The van der Waals surface area contributed by atoms with E-state index in [0.29, 0.717) is 22.7 Å². The van der Waals surface area contributed by atoms with Crippen LogP contribution in [-0.2, 0) is 6.54 Å². The fraction of sp³-hybridized carbons (Fsp3) is 0.0435. The number of rotatable bonds is 6. The zero-order valence-electron chi connectivity index (χ0n) is 15.2. The van der Waals surface area contributed by atoms with Crippen molar-refractivity contribution in [2.24, 2.45) is 0 Å². The average Bonchev–Trinajstić information content (AvgIpc) is 3.24. The highest BCUT2D eigenvalue weighted by molar-refractivity contribution is 6.05. The van der Waals surface area contributed by atoms with E-state index in [0.717, 1.165) is 12.1 Å². The van der Waals surface area contributed by atoms with Gasteiger partial charge in [-0.2, -0.15) is 0 Å². The first-order valence-corrected chi connectivity index (χ1v) is 8.96.